The maximum Gasteiger partial charge on any atom is 0.281 e. The average molecular weight is 298 g/mol. The summed E-state index contributed by atoms with van der Waals surface area (Å²) < 4.78 is 40.3. The molecule has 1 aromatic carbocycles. The molecule has 0 unspecified atom stereocenters. The molecule has 2 rings (SSSR count). The molecule has 0 amide bonds. The predicted octanol–water partition coefficient (Wildman–Crippen LogP) is 1.43. The molecule has 108 valence electrons. The SMILES string of the molecule is Cc1ccc(F)c(NS(=O)(=O)c2n[nH]c(C)c2CN)c1. The normalized spacial score (nSPS) is 11.6. The average Bonchev–Trinajstić information content (AvgIpc) is 2.75. The zero-order chi connectivity index (χ0) is 14.9. The van der Waals surface area contributed by atoms with Crippen LogP contribution in [-0.2, 0) is 16.6 Å². The van der Waals surface area contributed by atoms with Crippen molar-refractivity contribution in [2.24, 2.45) is 5.73 Å². The summed E-state index contributed by atoms with van der Waals surface area (Å²) in [5, 5.41) is 6.08. The lowest BCUT2D eigenvalue weighted by molar-refractivity contribution is 0.593. The Bertz CT molecular complexity index is 740. The van der Waals surface area contributed by atoms with Crippen LogP contribution < -0.4 is 10.5 Å². The fourth-order valence-corrected chi connectivity index (χ4v) is 3.07. The van der Waals surface area contributed by atoms with Crippen molar-refractivity contribution in [3.8, 4) is 0 Å². The topological polar surface area (TPSA) is 101 Å². The minimum Gasteiger partial charge on any atom is -0.326 e. The van der Waals surface area contributed by atoms with Gasteiger partial charge in [0.05, 0.1) is 5.69 Å². The van der Waals surface area contributed by atoms with Gasteiger partial charge >= 0.3 is 0 Å². The third-order valence-electron chi connectivity index (χ3n) is 2.86. The molecule has 1 heterocycles. The van der Waals surface area contributed by atoms with Crippen LogP contribution in [0.2, 0.25) is 0 Å². The Labute approximate surface area is 116 Å². The Morgan fingerprint density at radius 3 is 2.75 bits per heavy atom. The molecule has 0 aliphatic rings. The van der Waals surface area contributed by atoms with Gasteiger partial charge in [-0.25, -0.2) is 4.39 Å². The van der Waals surface area contributed by atoms with Crippen molar-refractivity contribution in [1.82, 2.24) is 10.2 Å². The number of hydrogen-bond donors (Lipinski definition) is 3. The molecule has 0 saturated heterocycles. The number of aromatic nitrogens is 2. The van der Waals surface area contributed by atoms with Gasteiger partial charge in [0.1, 0.15) is 5.82 Å². The van der Waals surface area contributed by atoms with Crippen molar-refractivity contribution in [3.05, 3.63) is 40.8 Å². The lowest BCUT2D eigenvalue weighted by Gasteiger charge is -2.09. The van der Waals surface area contributed by atoms with Gasteiger partial charge < -0.3 is 5.73 Å². The first-order valence-electron chi connectivity index (χ1n) is 5.88. The minimum absolute atomic E-state index is 0.0227. The quantitative estimate of drug-likeness (QED) is 0.794. The van der Waals surface area contributed by atoms with E-state index in [1.165, 1.54) is 12.1 Å². The van der Waals surface area contributed by atoms with Crippen LogP contribution in [0.25, 0.3) is 0 Å². The van der Waals surface area contributed by atoms with Gasteiger partial charge in [0, 0.05) is 17.8 Å². The van der Waals surface area contributed by atoms with E-state index in [1.807, 2.05) is 0 Å². The van der Waals surface area contributed by atoms with Gasteiger partial charge in [0.15, 0.2) is 0 Å². The molecule has 0 fully saturated rings. The largest absolute Gasteiger partial charge is 0.326 e. The van der Waals surface area contributed by atoms with Crippen LogP contribution in [0.15, 0.2) is 23.2 Å². The maximum atomic E-state index is 13.6. The van der Waals surface area contributed by atoms with E-state index in [0.717, 1.165) is 5.56 Å². The standard InChI is InChI=1S/C12H15FN4O2S/c1-7-3-4-10(13)11(5-7)17-20(18,19)12-9(6-14)8(2)15-16-12/h3-5,17H,6,14H2,1-2H3,(H,15,16). The molecule has 4 N–H and O–H groups in total. The molecule has 0 aliphatic heterocycles. The molecule has 1 aromatic heterocycles. The third-order valence-corrected chi connectivity index (χ3v) is 4.20. The fraction of sp³-hybridized carbons (Fsp3) is 0.250. The van der Waals surface area contributed by atoms with E-state index in [2.05, 4.69) is 14.9 Å². The second-order valence-corrected chi connectivity index (χ2v) is 6.02. The number of anilines is 1. The fourth-order valence-electron chi connectivity index (χ4n) is 1.80. The zero-order valence-corrected chi connectivity index (χ0v) is 11.9. The van der Waals surface area contributed by atoms with Crippen molar-refractivity contribution < 1.29 is 12.8 Å². The number of hydrogen-bond acceptors (Lipinski definition) is 4. The highest BCUT2D eigenvalue weighted by Crippen LogP contribution is 2.22. The van der Waals surface area contributed by atoms with Crippen molar-refractivity contribution in [2.45, 2.75) is 25.4 Å². The van der Waals surface area contributed by atoms with Crippen LogP contribution in [0.1, 0.15) is 16.8 Å². The molecule has 0 spiro atoms. The van der Waals surface area contributed by atoms with Crippen LogP contribution >= 0.6 is 0 Å². The smallest absolute Gasteiger partial charge is 0.281 e. The van der Waals surface area contributed by atoms with Crippen molar-refractivity contribution in [1.29, 1.82) is 0 Å². The number of nitrogens with zero attached hydrogens (tertiary/aromatic N) is 1. The van der Waals surface area contributed by atoms with Crippen LogP contribution in [0.3, 0.4) is 0 Å². The summed E-state index contributed by atoms with van der Waals surface area (Å²) in [6.45, 7) is 3.43. The summed E-state index contributed by atoms with van der Waals surface area (Å²) in [6.07, 6.45) is 0. The van der Waals surface area contributed by atoms with Gasteiger partial charge in [-0.05, 0) is 31.5 Å². The van der Waals surface area contributed by atoms with Gasteiger partial charge in [0.25, 0.3) is 10.0 Å². The monoisotopic (exact) mass is 298 g/mol. The van der Waals surface area contributed by atoms with Gasteiger partial charge in [-0.3, -0.25) is 9.82 Å². The molecule has 0 radical (unpaired) electrons. The molecule has 0 saturated carbocycles. The molecule has 6 nitrogen and oxygen atoms in total. The van der Waals surface area contributed by atoms with E-state index in [1.54, 1.807) is 19.9 Å². The second kappa shape index (κ2) is 5.22. The molecule has 0 atom stereocenters. The lowest BCUT2D eigenvalue weighted by atomic mass is 10.2. The summed E-state index contributed by atoms with van der Waals surface area (Å²) in [5.74, 6) is -0.652. The van der Waals surface area contributed by atoms with Gasteiger partial charge in [-0.15, -0.1) is 0 Å². The van der Waals surface area contributed by atoms with E-state index in [4.69, 9.17) is 5.73 Å². The first-order chi connectivity index (χ1) is 9.35. The first-order valence-corrected chi connectivity index (χ1v) is 7.36. The Morgan fingerprint density at radius 2 is 2.10 bits per heavy atom. The second-order valence-electron chi connectivity index (χ2n) is 4.43. The van der Waals surface area contributed by atoms with Crippen molar-refractivity contribution in [2.75, 3.05) is 4.72 Å². The van der Waals surface area contributed by atoms with Crippen molar-refractivity contribution in [3.63, 3.8) is 0 Å². The highest BCUT2D eigenvalue weighted by Gasteiger charge is 2.24. The molecule has 20 heavy (non-hydrogen) atoms. The Kier molecular flexibility index (Phi) is 3.78. The highest BCUT2D eigenvalue weighted by atomic mass is 32.2. The van der Waals surface area contributed by atoms with E-state index >= 15 is 0 Å². The lowest BCUT2D eigenvalue weighted by Crippen LogP contribution is -2.17. The number of aromatic amines is 1. The summed E-state index contributed by atoms with van der Waals surface area (Å²) in [7, 11) is -3.99. The van der Waals surface area contributed by atoms with Crippen LogP contribution in [0, 0.1) is 19.7 Å². The predicted molar refractivity (Wildman–Crippen MR) is 73.2 cm³/mol. The number of sulfonamides is 1. The Balaban J connectivity index is 2.43. The maximum absolute atomic E-state index is 13.6. The van der Waals surface area contributed by atoms with Crippen LogP contribution in [0.5, 0.6) is 0 Å². The molecule has 8 heteroatoms. The van der Waals surface area contributed by atoms with Crippen molar-refractivity contribution >= 4 is 15.7 Å². The van der Waals surface area contributed by atoms with Gasteiger partial charge in [0.2, 0.25) is 5.03 Å². The summed E-state index contributed by atoms with van der Waals surface area (Å²) >= 11 is 0. The van der Waals surface area contributed by atoms with E-state index < -0.39 is 15.8 Å². The number of halogens is 1. The minimum atomic E-state index is -3.99. The van der Waals surface area contributed by atoms with E-state index in [9.17, 15) is 12.8 Å². The zero-order valence-electron chi connectivity index (χ0n) is 11.1. The number of nitrogens with two attached hydrogens (primary N) is 1. The van der Waals surface area contributed by atoms with Crippen LogP contribution in [-0.4, -0.2) is 18.6 Å². The number of nitrogens with one attached hydrogen (secondary N) is 2. The Hall–Kier alpha value is -1.93. The first kappa shape index (κ1) is 14.5. The molecular weight excluding hydrogens is 283 g/mol. The molecule has 0 bridgehead atoms. The summed E-state index contributed by atoms with van der Waals surface area (Å²) in [4.78, 5) is 0. The molecular formula is C12H15FN4O2S. The number of rotatable bonds is 4. The molecule has 0 aliphatic carbocycles. The summed E-state index contributed by atoms with van der Waals surface area (Å²) in [5.41, 5.74) is 7.08. The number of benzene rings is 1. The van der Waals surface area contributed by atoms with E-state index in [0.29, 0.717) is 11.3 Å². The number of aryl methyl sites for hydroxylation is 2. The summed E-state index contributed by atoms with van der Waals surface area (Å²) in [6, 6.07) is 4.17. The Morgan fingerprint density at radius 1 is 1.40 bits per heavy atom. The highest BCUT2D eigenvalue weighted by molar-refractivity contribution is 7.92. The van der Waals surface area contributed by atoms with Gasteiger partial charge in [-0.1, -0.05) is 6.07 Å². The number of H-pyrrole nitrogens is 1. The van der Waals surface area contributed by atoms with Gasteiger partial charge in [-0.2, -0.15) is 13.5 Å². The van der Waals surface area contributed by atoms with Crippen LogP contribution in [0.4, 0.5) is 10.1 Å². The van der Waals surface area contributed by atoms with E-state index in [-0.39, 0.29) is 17.3 Å². The third kappa shape index (κ3) is 2.66. The molecule has 2 aromatic rings.